The molecule has 3 saturated heterocycles. The van der Waals surface area contributed by atoms with Gasteiger partial charge in [0.1, 0.15) is 11.5 Å². The Morgan fingerprint density at radius 1 is 0.582 bits per heavy atom. The smallest absolute Gasteiger partial charge is 0.272 e. The molecule has 0 N–H and O–H groups in total. The first kappa shape index (κ1) is 56.0. The minimum Gasteiger partial charge on any atom is -0.379 e. The van der Waals surface area contributed by atoms with Crippen LogP contribution in [0, 0.1) is 13.8 Å². The van der Waals surface area contributed by atoms with E-state index in [1.54, 1.807) is 23.2 Å². The van der Waals surface area contributed by atoms with Crippen LogP contribution in [0.3, 0.4) is 0 Å². The lowest BCUT2D eigenvalue weighted by Gasteiger charge is -2.27. The molecule has 0 bridgehead atoms. The van der Waals surface area contributed by atoms with E-state index in [0.29, 0.717) is 32.0 Å². The predicted molar refractivity (Wildman–Crippen MR) is 238 cm³/mol. The SMILES string of the molecule is CC.CC.CC.CC.CCC.CCC.Cc1ccc(CN2CCOCC2)cc1.Cc1ccc(N2CCOCC2)nc1.O=C(c1ccccn1)N1CCOCC1. The number of rotatable bonds is 4. The highest BCUT2D eigenvalue weighted by atomic mass is 16.5. The van der Waals surface area contributed by atoms with Crippen LogP contribution < -0.4 is 4.90 Å². The molecule has 0 atom stereocenters. The van der Waals surface area contributed by atoms with Gasteiger partial charge < -0.3 is 24.0 Å². The van der Waals surface area contributed by atoms with Gasteiger partial charge in [0.15, 0.2) is 0 Å². The zero-order valence-electron chi connectivity index (χ0n) is 37.8. The summed E-state index contributed by atoms with van der Waals surface area (Å²) in [7, 11) is 0. The number of nitrogens with zero attached hydrogens (tertiary/aromatic N) is 5. The van der Waals surface area contributed by atoms with E-state index in [1.165, 1.54) is 29.5 Å². The van der Waals surface area contributed by atoms with Crippen molar-refractivity contribution in [3.8, 4) is 0 Å². The average Bonchev–Trinajstić information content (AvgIpc) is 3.27. The Morgan fingerprint density at radius 3 is 1.47 bits per heavy atom. The van der Waals surface area contributed by atoms with Crippen LogP contribution in [0.25, 0.3) is 0 Å². The molecular formula is C46H83N5O4. The highest BCUT2D eigenvalue weighted by molar-refractivity contribution is 5.92. The summed E-state index contributed by atoms with van der Waals surface area (Å²) in [5.41, 5.74) is 4.44. The third-order valence-corrected chi connectivity index (χ3v) is 7.04. The van der Waals surface area contributed by atoms with Crippen LogP contribution in [0.2, 0.25) is 0 Å². The van der Waals surface area contributed by atoms with Gasteiger partial charge >= 0.3 is 0 Å². The van der Waals surface area contributed by atoms with E-state index < -0.39 is 0 Å². The number of benzene rings is 1. The molecule has 9 heteroatoms. The standard InChI is InChI=1S/C12H17NO.C10H12N2O2.C10H14N2O.2C3H8.4C2H6/c1-11-2-4-12(5-3-11)10-13-6-8-14-9-7-13;13-10(9-3-1-2-4-11-9)12-5-7-14-8-6-12;1-9-2-3-10(11-8-9)12-4-6-13-7-5-12;2*1-3-2;4*1-2/h2-5H,6-10H2,1H3;1-4H,5-8H2;2-3,8H,4-7H2,1H3;2*3H2,1-2H3;4*1-2H3. The molecule has 0 radical (unpaired) electrons. The minimum atomic E-state index is -0.00565. The number of hydrogen-bond acceptors (Lipinski definition) is 8. The number of hydrogen-bond donors (Lipinski definition) is 0. The van der Waals surface area contributed by atoms with Gasteiger partial charge in [-0.15, -0.1) is 0 Å². The molecule has 0 saturated carbocycles. The maximum atomic E-state index is 11.8. The third-order valence-electron chi connectivity index (χ3n) is 7.04. The number of aromatic nitrogens is 2. The Balaban J connectivity index is -0.000000633. The molecule has 0 aliphatic carbocycles. The molecular weight excluding hydrogens is 687 g/mol. The Morgan fingerprint density at radius 2 is 1.04 bits per heavy atom. The van der Waals surface area contributed by atoms with Crippen LogP contribution >= 0.6 is 0 Å². The Labute approximate surface area is 339 Å². The number of pyridine rings is 2. The summed E-state index contributed by atoms with van der Waals surface area (Å²) in [5.74, 6) is 1.06. The van der Waals surface area contributed by atoms with Gasteiger partial charge in [-0.25, -0.2) is 4.98 Å². The molecule has 0 spiro atoms. The minimum absolute atomic E-state index is 0.00565. The van der Waals surface area contributed by atoms with E-state index in [9.17, 15) is 4.79 Å². The highest BCUT2D eigenvalue weighted by Gasteiger charge is 2.18. The van der Waals surface area contributed by atoms with Crippen LogP contribution in [-0.4, -0.2) is 105 Å². The number of anilines is 1. The van der Waals surface area contributed by atoms with Crippen LogP contribution in [0.4, 0.5) is 5.82 Å². The predicted octanol–water partition coefficient (Wildman–Crippen LogP) is 10.5. The highest BCUT2D eigenvalue weighted by Crippen LogP contribution is 2.12. The topological polar surface area (TPSA) is 80.3 Å². The Bertz CT molecular complexity index is 1180. The molecule has 316 valence electrons. The molecule has 3 aromatic rings. The summed E-state index contributed by atoms with van der Waals surface area (Å²) in [5, 5.41) is 0. The summed E-state index contributed by atoms with van der Waals surface area (Å²) in [6.45, 7) is 39.7. The van der Waals surface area contributed by atoms with Gasteiger partial charge in [0.05, 0.1) is 39.6 Å². The summed E-state index contributed by atoms with van der Waals surface area (Å²) >= 11 is 0. The molecule has 5 heterocycles. The second-order valence-corrected chi connectivity index (χ2v) is 11.7. The molecule has 55 heavy (non-hydrogen) atoms. The second kappa shape index (κ2) is 41.8. The maximum Gasteiger partial charge on any atom is 0.272 e. The second-order valence-electron chi connectivity index (χ2n) is 11.7. The van der Waals surface area contributed by atoms with Crippen LogP contribution in [-0.2, 0) is 20.8 Å². The van der Waals surface area contributed by atoms with E-state index >= 15 is 0 Å². The van der Waals surface area contributed by atoms with Crippen LogP contribution in [0.5, 0.6) is 0 Å². The maximum absolute atomic E-state index is 11.8. The van der Waals surface area contributed by atoms with Crippen molar-refractivity contribution in [2.75, 3.05) is 83.8 Å². The summed E-state index contributed by atoms with van der Waals surface area (Å²) in [6.07, 6.45) is 6.04. The van der Waals surface area contributed by atoms with Crippen LogP contribution in [0.1, 0.15) is 123 Å². The van der Waals surface area contributed by atoms with Gasteiger partial charge in [-0.05, 0) is 43.2 Å². The fourth-order valence-electron chi connectivity index (χ4n) is 4.57. The molecule has 1 aromatic carbocycles. The van der Waals surface area contributed by atoms with Gasteiger partial charge in [-0.1, -0.05) is 138 Å². The largest absolute Gasteiger partial charge is 0.379 e. The third kappa shape index (κ3) is 28.7. The van der Waals surface area contributed by atoms with Crippen molar-refractivity contribution in [1.82, 2.24) is 19.8 Å². The molecule has 9 nitrogen and oxygen atoms in total. The number of morpholine rings is 3. The van der Waals surface area contributed by atoms with Crippen molar-refractivity contribution in [3.05, 3.63) is 89.4 Å². The van der Waals surface area contributed by atoms with Gasteiger partial charge in [0.2, 0.25) is 0 Å². The number of carbonyl (C=O) groups is 1. The molecule has 3 aliphatic heterocycles. The zero-order chi connectivity index (χ0) is 42.1. The van der Waals surface area contributed by atoms with E-state index in [4.69, 9.17) is 14.2 Å². The Hall–Kier alpha value is -3.37. The molecule has 6 rings (SSSR count). The molecule has 1 amide bonds. The lowest BCUT2D eigenvalue weighted by molar-refractivity contribution is 0.0299. The summed E-state index contributed by atoms with van der Waals surface area (Å²) in [6, 6.07) is 18.3. The number of carbonyl (C=O) groups excluding carboxylic acids is 1. The number of ether oxygens (including phenoxy) is 3. The van der Waals surface area contributed by atoms with Crippen molar-refractivity contribution >= 4 is 11.7 Å². The normalized spacial score (nSPS) is 14.1. The first-order valence-corrected chi connectivity index (χ1v) is 21.3. The fraction of sp³-hybridized carbons (Fsp3) is 0.630. The molecule has 3 fully saturated rings. The summed E-state index contributed by atoms with van der Waals surface area (Å²) < 4.78 is 15.8. The number of amides is 1. The first-order chi connectivity index (χ1) is 26.9. The lowest BCUT2D eigenvalue weighted by Crippen LogP contribution is -2.40. The van der Waals surface area contributed by atoms with E-state index in [1.807, 2.05) is 67.7 Å². The van der Waals surface area contributed by atoms with Crippen LogP contribution in [0.15, 0.2) is 67.0 Å². The van der Waals surface area contributed by atoms with E-state index in [0.717, 1.165) is 65.0 Å². The molecule has 2 aromatic heterocycles. The van der Waals surface area contributed by atoms with Crippen molar-refractivity contribution in [3.63, 3.8) is 0 Å². The summed E-state index contributed by atoms with van der Waals surface area (Å²) in [4.78, 5) is 26.7. The van der Waals surface area contributed by atoms with Gasteiger partial charge in [0, 0.05) is 58.2 Å². The van der Waals surface area contributed by atoms with Gasteiger partial charge in [-0.3, -0.25) is 14.7 Å². The van der Waals surface area contributed by atoms with Gasteiger partial charge in [0.25, 0.3) is 5.91 Å². The quantitative estimate of drug-likeness (QED) is 0.260. The average molecular weight is 770 g/mol. The first-order valence-electron chi connectivity index (χ1n) is 21.3. The lowest BCUT2D eigenvalue weighted by atomic mass is 10.1. The van der Waals surface area contributed by atoms with Crippen molar-refractivity contribution in [2.45, 2.75) is 116 Å². The van der Waals surface area contributed by atoms with Gasteiger partial charge in [-0.2, -0.15) is 0 Å². The van der Waals surface area contributed by atoms with E-state index in [-0.39, 0.29) is 5.91 Å². The van der Waals surface area contributed by atoms with Crippen molar-refractivity contribution < 1.29 is 19.0 Å². The Kier molecular flexibility index (Phi) is 42.5. The monoisotopic (exact) mass is 770 g/mol. The molecule has 3 aliphatic rings. The van der Waals surface area contributed by atoms with Crippen molar-refractivity contribution in [2.24, 2.45) is 0 Å². The fourth-order valence-corrected chi connectivity index (χ4v) is 4.57. The zero-order valence-corrected chi connectivity index (χ0v) is 37.8. The van der Waals surface area contributed by atoms with E-state index in [2.05, 4.69) is 97.7 Å². The van der Waals surface area contributed by atoms with Crippen molar-refractivity contribution in [1.29, 1.82) is 0 Å². The number of aryl methyl sites for hydroxylation is 2. The molecule has 0 unspecified atom stereocenters.